The van der Waals surface area contributed by atoms with E-state index in [9.17, 15) is 9.59 Å². The Labute approximate surface area is 207 Å². The van der Waals surface area contributed by atoms with E-state index in [-0.39, 0.29) is 12.2 Å². The van der Waals surface area contributed by atoms with Crippen LogP contribution in [0.4, 0.5) is 10.5 Å². The van der Waals surface area contributed by atoms with Crippen LogP contribution in [0.2, 0.25) is 10.2 Å². The molecule has 0 unspecified atom stereocenters. The summed E-state index contributed by atoms with van der Waals surface area (Å²) in [5, 5.41) is 8.37. The SMILES string of the molecule is CCOC(=O)C1=C(C)N(c2ccc(Cl)cc2)C(=O)N[C@H]1c1c(C)nn(-c2ccc(C)cc2)c1Cl. The number of nitrogens with zero attached hydrogens (tertiary/aromatic N) is 3. The number of rotatable bonds is 5. The van der Waals surface area contributed by atoms with Gasteiger partial charge in [0.1, 0.15) is 5.15 Å². The Morgan fingerprint density at radius 3 is 2.26 bits per heavy atom. The smallest absolute Gasteiger partial charge is 0.338 e. The van der Waals surface area contributed by atoms with Crippen molar-refractivity contribution in [3.05, 3.63) is 86.8 Å². The van der Waals surface area contributed by atoms with Crippen molar-refractivity contribution in [2.75, 3.05) is 11.5 Å². The molecule has 0 radical (unpaired) electrons. The maximum Gasteiger partial charge on any atom is 0.338 e. The highest BCUT2D eigenvalue weighted by Crippen LogP contribution is 2.39. The number of nitrogens with one attached hydrogen (secondary N) is 1. The van der Waals surface area contributed by atoms with E-state index >= 15 is 0 Å². The minimum Gasteiger partial charge on any atom is -0.463 e. The van der Waals surface area contributed by atoms with Crippen molar-refractivity contribution in [3.63, 3.8) is 0 Å². The lowest BCUT2D eigenvalue weighted by molar-refractivity contribution is -0.139. The molecule has 0 saturated heterocycles. The molecular weight excluding hydrogens is 475 g/mol. The fourth-order valence-corrected chi connectivity index (χ4v) is 4.54. The topological polar surface area (TPSA) is 76.5 Å². The predicted octanol–water partition coefficient (Wildman–Crippen LogP) is 5.90. The molecule has 2 aromatic carbocycles. The van der Waals surface area contributed by atoms with Crippen LogP contribution in [0.3, 0.4) is 0 Å². The summed E-state index contributed by atoms with van der Waals surface area (Å²) in [6.45, 7) is 7.41. The first kappa shape index (κ1) is 23.9. The van der Waals surface area contributed by atoms with Gasteiger partial charge in [-0.05, 0) is 64.1 Å². The van der Waals surface area contributed by atoms with E-state index in [0.717, 1.165) is 11.3 Å². The van der Waals surface area contributed by atoms with E-state index in [1.54, 1.807) is 49.7 Å². The first-order valence-corrected chi connectivity index (χ1v) is 11.5. The van der Waals surface area contributed by atoms with Crippen LogP contribution in [0.1, 0.15) is 36.7 Å². The second-order valence-electron chi connectivity index (χ2n) is 7.95. The minimum absolute atomic E-state index is 0.187. The lowest BCUT2D eigenvalue weighted by Gasteiger charge is -2.35. The second kappa shape index (κ2) is 9.52. The fraction of sp³-hybridized carbons (Fsp3) is 0.240. The molecule has 0 bridgehead atoms. The molecule has 0 fully saturated rings. The minimum atomic E-state index is -0.832. The van der Waals surface area contributed by atoms with Crippen LogP contribution >= 0.6 is 23.2 Å². The number of esters is 1. The van der Waals surface area contributed by atoms with Gasteiger partial charge in [-0.2, -0.15) is 5.10 Å². The average Bonchev–Trinajstić information content (AvgIpc) is 3.09. The Balaban J connectivity index is 1.86. The largest absolute Gasteiger partial charge is 0.463 e. The van der Waals surface area contributed by atoms with Gasteiger partial charge >= 0.3 is 12.0 Å². The molecule has 2 heterocycles. The lowest BCUT2D eigenvalue weighted by Crippen LogP contribution is -2.48. The van der Waals surface area contributed by atoms with Gasteiger partial charge in [0, 0.05) is 16.3 Å². The Hall–Kier alpha value is -3.29. The molecule has 0 saturated carbocycles. The van der Waals surface area contributed by atoms with E-state index < -0.39 is 18.0 Å². The average molecular weight is 499 g/mol. The third-order valence-corrected chi connectivity index (χ3v) is 6.30. The van der Waals surface area contributed by atoms with Crippen molar-refractivity contribution in [3.8, 4) is 5.69 Å². The highest BCUT2D eigenvalue weighted by molar-refractivity contribution is 6.31. The van der Waals surface area contributed by atoms with Crippen LogP contribution in [0.5, 0.6) is 0 Å². The molecule has 176 valence electrons. The molecule has 7 nitrogen and oxygen atoms in total. The Morgan fingerprint density at radius 2 is 1.65 bits per heavy atom. The summed E-state index contributed by atoms with van der Waals surface area (Å²) in [5.74, 6) is -0.539. The van der Waals surface area contributed by atoms with Crippen LogP contribution in [-0.2, 0) is 9.53 Å². The van der Waals surface area contributed by atoms with Gasteiger partial charge in [-0.1, -0.05) is 40.9 Å². The van der Waals surface area contributed by atoms with Crippen LogP contribution < -0.4 is 10.2 Å². The quantitative estimate of drug-likeness (QED) is 0.444. The zero-order valence-electron chi connectivity index (χ0n) is 19.2. The molecule has 2 amide bonds. The zero-order valence-corrected chi connectivity index (χ0v) is 20.7. The van der Waals surface area contributed by atoms with Crippen molar-refractivity contribution in [2.45, 2.75) is 33.7 Å². The first-order valence-electron chi connectivity index (χ1n) is 10.8. The summed E-state index contributed by atoms with van der Waals surface area (Å²) in [7, 11) is 0. The maximum atomic E-state index is 13.3. The summed E-state index contributed by atoms with van der Waals surface area (Å²) in [6, 6.07) is 13.3. The summed E-state index contributed by atoms with van der Waals surface area (Å²) in [5.41, 5.74) is 4.29. The van der Waals surface area contributed by atoms with E-state index in [1.807, 2.05) is 31.2 Å². The fourth-order valence-electron chi connectivity index (χ4n) is 4.03. The molecule has 1 aliphatic rings. The van der Waals surface area contributed by atoms with E-state index in [2.05, 4.69) is 10.4 Å². The number of carbonyl (C=O) groups excluding carboxylic acids is 2. The van der Waals surface area contributed by atoms with Gasteiger partial charge in [-0.3, -0.25) is 4.90 Å². The van der Waals surface area contributed by atoms with Gasteiger partial charge in [-0.15, -0.1) is 0 Å². The van der Waals surface area contributed by atoms with Crippen molar-refractivity contribution >= 4 is 40.9 Å². The predicted molar refractivity (Wildman–Crippen MR) is 133 cm³/mol. The second-order valence-corrected chi connectivity index (χ2v) is 8.75. The van der Waals surface area contributed by atoms with Crippen LogP contribution in [0, 0.1) is 13.8 Å². The third-order valence-electron chi connectivity index (χ3n) is 5.68. The van der Waals surface area contributed by atoms with Crippen LogP contribution in [0.15, 0.2) is 59.8 Å². The molecule has 4 rings (SSSR count). The van der Waals surface area contributed by atoms with Gasteiger partial charge in [0.05, 0.1) is 35.3 Å². The number of hydrogen-bond acceptors (Lipinski definition) is 4. The highest BCUT2D eigenvalue weighted by Gasteiger charge is 2.40. The normalized spacial score (nSPS) is 16.0. The molecule has 9 heteroatoms. The number of carbonyl (C=O) groups is 2. The monoisotopic (exact) mass is 498 g/mol. The molecule has 3 aromatic rings. The number of allylic oxidation sites excluding steroid dienone is 1. The highest BCUT2D eigenvalue weighted by atomic mass is 35.5. The molecule has 1 aromatic heterocycles. The van der Waals surface area contributed by atoms with Gasteiger partial charge < -0.3 is 10.1 Å². The number of ether oxygens (including phenoxy) is 1. The van der Waals surface area contributed by atoms with Crippen molar-refractivity contribution in [1.29, 1.82) is 0 Å². The molecule has 0 spiro atoms. The number of hydrogen-bond donors (Lipinski definition) is 1. The van der Waals surface area contributed by atoms with Crippen molar-refractivity contribution in [2.24, 2.45) is 0 Å². The summed E-state index contributed by atoms with van der Waals surface area (Å²) in [4.78, 5) is 27.8. The number of amides is 2. The van der Waals surface area contributed by atoms with Crippen molar-refractivity contribution in [1.82, 2.24) is 15.1 Å². The molecule has 1 atom stereocenters. The standard InChI is InChI=1S/C25H24Cl2N4O3/c1-5-34-24(32)21-16(4)30(18-12-8-17(26)9-13-18)25(33)28-22(21)20-15(3)29-31(23(20)27)19-10-6-14(2)7-11-19/h6-13,22H,5H2,1-4H3,(H,28,33)/t22-/m0/s1. The molecule has 0 aliphatic carbocycles. The Bertz CT molecular complexity index is 1280. The molecule has 1 aliphatic heterocycles. The van der Waals surface area contributed by atoms with Crippen molar-refractivity contribution < 1.29 is 14.3 Å². The number of anilines is 1. The maximum absolute atomic E-state index is 13.3. The molecule has 34 heavy (non-hydrogen) atoms. The number of urea groups is 1. The van der Waals surface area contributed by atoms with E-state index in [0.29, 0.717) is 32.8 Å². The van der Waals surface area contributed by atoms with Gasteiger partial charge in [0.2, 0.25) is 0 Å². The molecular formula is C25H24Cl2N4O3. The number of aromatic nitrogens is 2. The van der Waals surface area contributed by atoms with Gasteiger partial charge in [0.15, 0.2) is 0 Å². The van der Waals surface area contributed by atoms with E-state index in [1.165, 1.54) is 4.90 Å². The zero-order chi connectivity index (χ0) is 24.6. The van der Waals surface area contributed by atoms with E-state index in [4.69, 9.17) is 27.9 Å². The van der Waals surface area contributed by atoms with Crippen LogP contribution in [0.25, 0.3) is 5.69 Å². The summed E-state index contributed by atoms with van der Waals surface area (Å²) < 4.78 is 6.96. The van der Waals surface area contributed by atoms with Gasteiger partial charge in [0.25, 0.3) is 0 Å². The number of aryl methyl sites for hydroxylation is 2. The number of benzene rings is 2. The lowest BCUT2D eigenvalue weighted by atomic mass is 9.95. The first-order chi connectivity index (χ1) is 16.2. The molecule has 1 N–H and O–H groups in total. The Morgan fingerprint density at radius 1 is 1.03 bits per heavy atom. The summed E-state index contributed by atoms with van der Waals surface area (Å²) in [6.07, 6.45) is 0. The van der Waals surface area contributed by atoms with Crippen LogP contribution in [-0.4, -0.2) is 28.4 Å². The summed E-state index contributed by atoms with van der Waals surface area (Å²) >= 11 is 12.8. The Kier molecular flexibility index (Phi) is 6.68. The van der Waals surface area contributed by atoms with Gasteiger partial charge in [-0.25, -0.2) is 14.3 Å². The third kappa shape index (κ3) is 4.29. The number of halogens is 2.